The highest BCUT2D eigenvalue weighted by molar-refractivity contribution is 5.90. The van der Waals surface area contributed by atoms with E-state index >= 15 is 0 Å². The third-order valence-electron chi connectivity index (χ3n) is 3.26. The molecule has 0 spiro atoms. The summed E-state index contributed by atoms with van der Waals surface area (Å²) >= 11 is 0. The second kappa shape index (κ2) is 6.36. The molecule has 0 aromatic carbocycles. The Balaban J connectivity index is 2.69. The number of carboxylic acids is 1. The molecule has 1 rings (SSSR count). The van der Waals surface area contributed by atoms with Crippen molar-refractivity contribution < 1.29 is 19.5 Å². The zero-order chi connectivity index (χ0) is 14.6. The molecular weight excluding hydrogens is 248 g/mol. The lowest BCUT2D eigenvalue weighted by Crippen LogP contribution is -2.48. The lowest BCUT2D eigenvalue weighted by molar-refractivity contribution is -0.147. The van der Waals surface area contributed by atoms with Gasteiger partial charge in [-0.3, -0.25) is 14.4 Å². The van der Waals surface area contributed by atoms with Crippen molar-refractivity contribution in [2.45, 2.75) is 25.8 Å². The summed E-state index contributed by atoms with van der Waals surface area (Å²) < 4.78 is 0. The normalized spacial score (nSPS) is 23.5. The van der Waals surface area contributed by atoms with Crippen LogP contribution in [-0.4, -0.2) is 47.9 Å². The average Bonchev–Trinajstić information content (AvgIpc) is 2.37. The van der Waals surface area contributed by atoms with Crippen LogP contribution in [0.15, 0.2) is 12.2 Å². The number of nitrogens with zero attached hydrogens (tertiary/aromatic N) is 1. The number of rotatable bonds is 4. The molecule has 106 valence electrons. The third-order valence-corrected chi connectivity index (χ3v) is 3.26. The monoisotopic (exact) mass is 268 g/mol. The summed E-state index contributed by atoms with van der Waals surface area (Å²) in [6.07, 6.45) is 4.33. The maximum Gasteiger partial charge on any atom is 0.307 e. The highest BCUT2D eigenvalue weighted by Gasteiger charge is 2.35. The highest BCUT2D eigenvalue weighted by atomic mass is 16.4. The Morgan fingerprint density at radius 3 is 2.21 bits per heavy atom. The molecule has 3 atom stereocenters. The fourth-order valence-electron chi connectivity index (χ4n) is 2.15. The standard InChI is InChI=1S/C13H20N2O4/c1-8(12(17)15(2)3)14-11(16)9-6-4-5-7-10(9)13(18)19/h4-5,8-10H,6-7H2,1-3H3,(H,14,16)(H,18,19). The first-order valence-corrected chi connectivity index (χ1v) is 6.24. The molecule has 0 saturated heterocycles. The number of carbonyl (C=O) groups is 3. The molecule has 1 aliphatic carbocycles. The Morgan fingerprint density at radius 1 is 1.21 bits per heavy atom. The number of carboxylic acid groups (broad SMARTS) is 1. The number of aliphatic carboxylic acids is 1. The number of carbonyl (C=O) groups excluding carboxylic acids is 2. The molecule has 2 N–H and O–H groups in total. The molecular formula is C13H20N2O4. The van der Waals surface area contributed by atoms with Crippen LogP contribution >= 0.6 is 0 Å². The molecule has 0 fully saturated rings. The molecule has 0 bridgehead atoms. The number of amides is 2. The molecule has 0 aliphatic heterocycles. The molecule has 6 nitrogen and oxygen atoms in total. The molecule has 6 heteroatoms. The first-order chi connectivity index (χ1) is 8.84. The van der Waals surface area contributed by atoms with E-state index in [4.69, 9.17) is 5.11 Å². The number of nitrogens with one attached hydrogen (secondary N) is 1. The van der Waals surface area contributed by atoms with Crippen LogP contribution in [0.2, 0.25) is 0 Å². The van der Waals surface area contributed by atoms with Crippen molar-refractivity contribution >= 4 is 17.8 Å². The van der Waals surface area contributed by atoms with Gasteiger partial charge in [-0.25, -0.2) is 0 Å². The SMILES string of the molecule is CC(NC(=O)C1CC=CCC1C(=O)O)C(=O)N(C)C. The van der Waals surface area contributed by atoms with E-state index in [2.05, 4.69) is 5.32 Å². The molecule has 3 unspecified atom stereocenters. The minimum atomic E-state index is -0.976. The van der Waals surface area contributed by atoms with Crippen molar-refractivity contribution in [3.8, 4) is 0 Å². The largest absolute Gasteiger partial charge is 0.481 e. The Hall–Kier alpha value is -1.85. The molecule has 0 saturated carbocycles. The Morgan fingerprint density at radius 2 is 1.74 bits per heavy atom. The van der Waals surface area contributed by atoms with Crippen molar-refractivity contribution in [2.24, 2.45) is 11.8 Å². The van der Waals surface area contributed by atoms with Gasteiger partial charge < -0.3 is 15.3 Å². The molecule has 0 radical (unpaired) electrons. The van der Waals surface area contributed by atoms with Gasteiger partial charge in [-0.1, -0.05) is 12.2 Å². The predicted octanol–water partition coefficient (Wildman–Crippen LogP) is 0.246. The topological polar surface area (TPSA) is 86.7 Å². The number of hydrogen-bond acceptors (Lipinski definition) is 3. The predicted molar refractivity (Wildman–Crippen MR) is 69.3 cm³/mol. The van der Waals surface area contributed by atoms with Gasteiger partial charge >= 0.3 is 5.97 Å². The average molecular weight is 268 g/mol. The number of likely N-dealkylation sites (N-methyl/N-ethyl adjacent to an activating group) is 1. The van der Waals surface area contributed by atoms with Crippen LogP contribution in [0.1, 0.15) is 19.8 Å². The molecule has 1 aliphatic rings. The van der Waals surface area contributed by atoms with Crippen molar-refractivity contribution in [3.05, 3.63) is 12.2 Å². The van der Waals surface area contributed by atoms with Gasteiger partial charge in [-0.05, 0) is 19.8 Å². The van der Waals surface area contributed by atoms with Gasteiger partial charge in [0.05, 0.1) is 11.8 Å². The maximum atomic E-state index is 12.1. The van der Waals surface area contributed by atoms with E-state index in [-0.39, 0.29) is 11.8 Å². The van der Waals surface area contributed by atoms with Gasteiger partial charge in [0.2, 0.25) is 11.8 Å². The summed E-state index contributed by atoms with van der Waals surface area (Å²) in [5.41, 5.74) is 0. The third kappa shape index (κ3) is 3.81. The summed E-state index contributed by atoms with van der Waals surface area (Å²) in [7, 11) is 3.21. The van der Waals surface area contributed by atoms with Gasteiger partial charge in [0, 0.05) is 14.1 Å². The van der Waals surface area contributed by atoms with E-state index in [1.54, 1.807) is 27.1 Å². The summed E-state index contributed by atoms with van der Waals surface area (Å²) in [4.78, 5) is 36.2. The summed E-state index contributed by atoms with van der Waals surface area (Å²) in [6.45, 7) is 1.59. The van der Waals surface area contributed by atoms with Gasteiger partial charge in [0.1, 0.15) is 6.04 Å². The van der Waals surface area contributed by atoms with E-state index in [9.17, 15) is 14.4 Å². The second-order valence-electron chi connectivity index (χ2n) is 4.96. The van der Waals surface area contributed by atoms with Crippen LogP contribution < -0.4 is 5.32 Å². The molecule has 0 heterocycles. The smallest absolute Gasteiger partial charge is 0.307 e. The van der Waals surface area contributed by atoms with Crippen molar-refractivity contribution in [1.29, 1.82) is 0 Å². The van der Waals surface area contributed by atoms with Gasteiger partial charge in [0.15, 0.2) is 0 Å². The van der Waals surface area contributed by atoms with Crippen LogP contribution in [0.3, 0.4) is 0 Å². The minimum Gasteiger partial charge on any atom is -0.481 e. The maximum absolute atomic E-state index is 12.1. The molecule has 19 heavy (non-hydrogen) atoms. The van der Waals surface area contributed by atoms with Gasteiger partial charge in [-0.15, -0.1) is 0 Å². The Kier molecular flexibility index (Phi) is 5.09. The van der Waals surface area contributed by atoms with Crippen LogP contribution in [0.25, 0.3) is 0 Å². The van der Waals surface area contributed by atoms with Crippen molar-refractivity contribution in [2.75, 3.05) is 14.1 Å². The number of hydrogen-bond donors (Lipinski definition) is 2. The minimum absolute atomic E-state index is 0.216. The highest BCUT2D eigenvalue weighted by Crippen LogP contribution is 2.26. The molecule has 0 aromatic rings. The fraction of sp³-hybridized carbons (Fsp3) is 0.615. The quantitative estimate of drug-likeness (QED) is 0.715. The molecule has 0 aromatic heterocycles. The first kappa shape index (κ1) is 15.2. The Labute approximate surface area is 112 Å². The van der Waals surface area contributed by atoms with Crippen LogP contribution in [0, 0.1) is 11.8 Å². The zero-order valence-electron chi connectivity index (χ0n) is 11.4. The van der Waals surface area contributed by atoms with Gasteiger partial charge in [-0.2, -0.15) is 0 Å². The summed E-state index contributed by atoms with van der Waals surface area (Å²) in [5, 5.41) is 11.7. The van der Waals surface area contributed by atoms with Crippen LogP contribution in [0.5, 0.6) is 0 Å². The zero-order valence-corrected chi connectivity index (χ0v) is 11.4. The van der Waals surface area contributed by atoms with E-state index in [1.807, 2.05) is 6.08 Å². The van der Waals surface area contributed by atoms with E-state index < -0.39 is 23.8 Å². The second-order valence-corrected chi connectivity index (χ2v) is 4.96. The van der Waals surface area contributed by atoms with E-state index in [0.29, 0.717) is 12.8 Å². The van der Waals surface area contributed by atoms with Crippen molar-refractivity contribution in [1.82, 2.24) is 10.2 Å². The fourth-order valence-corrected chi connectivity index (χ4v) is 2.15. The lowest BCUT2D eigenvalue weighted by atomic mass is 9.82. The lowest BCUT2D eigenvalue weighted by Gasteiger charge is -2.26. The summed E-state index contributed by atoms with van der Waals surface area (Å²) in [6, 6.07) is -0.650. The van der Waals surface area contributed by atoms with Crippen molar-refractivity contribution in [3.63, 3.8) is 0 Å². The van der Waals surface area contributed by atoms with E-state index in [0.717, 1.165) is 0 Å². The van der Waals surface area contributed by atoms with Gasteiger partial charge in [0.25, 0.3) is 0 Å². The summed E-state index contributed by atoms with van der Waals surface area (Å²) in [5.74, 6) is -2.89. The van der Waals surface area contributed by atoms with Crippen LogP contribution in [-0.2, 0) is 14.4 Å². The molecule has 2 amide bonds. The Bertz CT molecular complexity index is 403. The number of allylic oxidation sites excluding steroid dienone is 2. The van der Waals surface area contributed by atoms with E-state index in [1.165, 1.54) is 4.90 Å². The van der Waals surface area contributed by atoms with Crippen LogP contribution in [0.4, 0.5) is 0 Å². The first-order valence-electron chi connectivity index (χ1n) is 6.24.